The SMILES string of the molecule is CN(C)C(On1nnc2ccccc21)=[N+](C)C.CN1CCOCC1.CN1C[C@]2(C)CNC[C@](C)(C1)C2.COc1ccc2c(c1)C=C(c1c(C(=O)N3C[C@]4(C)CN(C)C[C@](C)(C3)C4)cnn1C1CCC1)Cn1c-2c(C2CCCCC2)c2ccc(C(=O)NS(=O)(=O)C(C)C)cc21.COc1ccc2c(c1)C=C(c1c(C(=O)O)cnn1C1CCC1)Cn1c-2c(C2CCCCC2)c2ccc(C(=O)NS(=O)(=O)C(C)C)cc21.F[B-](F)(F)F. The third-order valence-electron chi connectivity index (χ3n) is 30.7. The summed E-state index contributed by atoms with van der Waals surface area (Å²) in [5, 5.41) is 32.1. The number of halogens is 4. The first-order valence-corrected chi connectivity index (χ1v) is 54.6. The number of nitrogens with zero attached hydrogens (tertiary/aromatic N) is 15. The molecule has 38 heteroatoms. The number of carbonyl (C=O) groups excluding carboxylic acids is 3. The lowest BCUT2D eigenvalue weighted by Crippen LogP contribution is -2.62. The Labute approximate surface area is 855 Å². The van der Waals surface area contributed by atoms with E-state index in [1.54, 1.807) is 46.3 Å². The number of ether oxygens (including phenoxy) is 3. The van der Waals surface area contributed by atoms with Gasteiger partial charge in [-0.3, -0.25) is 28.6 Å². The number of carbonyl (C=O) groups is 4. The summed E-state index contributed by atoms with van der Waals surface area (Å²) in [6.45, 7) is 28.7. The van der Waals surface area contributed by atoms with Gasteiger partial charge in [0.05, 0.1) is 132 Å². The van der Waals surface area contributed by atoms with E-state index in [1.165, 1.54) is 81.5 Å². The molecule has 5 saturated heterocycles. The van der Waals surface area contributed by atoms with Gasteiger partial charge < -0.3 is 70.6 Å². The highest BCUT2D eigenvalue weighted by Crippen LogP contribution is 2.54. The van der Waals surface area contributed by atoms with Crippen LogP contribution in [0.25, 0.3) is 78.7 Å². The Bertz CT molecular complexity index is 6810. The molecule has 4 saturated carbocycles. The number of rotatable bonds is 17. The Hall–Kier alpha value is -11.3. The van der Waals surface area contributed by atoms with Crippen molar-refractivity contribution in [1.29, 1.82) is 0 Å². The van der Waals surface area contributed by atoms with E-state index in [-0.39, 0.29) is 45.5 Å². The number of hydrogen-bond acceptors (Lipinski definition) is 20. The first-order valence-electron chi connectivity index (χ1n) is 51.6. The zero-order valence-corrected chi connectivity index (χ0v) is 89.2. The minimum atomic E-state index is -6.00. The molecule has 21 rings (SSSR count). The zero-order valence-electron chi connectivity index (χ0n) is 87.6. The first kappa shape index (κ1) is 107. The minimum absolute atomic E-state index is 0.00382. The molecular weight excluding hydrogens is 1910 g/mol. The van der Waals surface area contributed by atoms with Crippen molar-refractivity contribution in [2.24, 2.45) is 21.7 Å². The number of amides is 3. The smallest absolute Gasteiger partial charge is 0.497 e. The molecular formula is C108H145BF4N18O13S2. The second kappa shape index (κ2) is 43.9. The van der Waals surface area contributed by atoms with Crippen LogP contribution in [-0.2, 0) is 37.9 Å². The van der Waals surface area contributed by atoms with Gasteiger partial charge in [-0.2, -0.15) is 10.2 Å². The van der Waals surface area contributed by atoms with Crippen LogP contribution in [-0.4, -0.2) is 285 Å². The molecule has 5 aromatic heterocycles. The van der Waals surface area contributed by atoms with Crippen LogP contribution in [0.5, 0.6) is 11.5 Å². The average Bonchev–Trinajstić information content (AvgIpc) is 1.56. The summed E-state index contributed by atoms with van der Waals surface area (Å²) in [7, 11) is 3.85. The number of carboxylic acids is 1. The molecule has 9 fully saturated rings. The number of amidine groups is 1. The van der Waals surface area contributed by atoms with Crippen LogP contribution >= 0.6 is 0 Å². The average molecular weight is 2050 g/mol. The predicted molar refractivity (Wildman–Crippen MR) is 564 cm³/mol. The number of carboxylic acid groups (broad SMARTS) is 1. The Morgan fingerprint density at radius 2 is 0.979 bits per heavy atom. The maximum absolute atomic E-state index is 15.1. The molecule has 788 valence electrons. The van der Waals surface area contributed by atoms with E-state index >= 15 is 4.79 Å². The van der Waals surface area contributed by atoms with Crippen LogP contribution in [0.1, 0.15) is 270 Å². The van der Waals surface area contributed by atoms with Crippen molar-refractivity contribution in [3.63, 3.8) is 0 Å². The number of methoxy groups -OCH3 is 2. The summed E-state index contributed by atoms with van der Waals surface area (Å²) < 4.78 is 121. The van der Waals surface area contributed by atoms with Gasteiger partial charge in [-0.05, 0) is 283 Å². The largest absolute Gasteiger partial charge is 0.673 e. The molecule has 11 aliphatic rings. The van der Waals surface area contributed by atoms with Crippen LogP contribution in [0.3, 0.4) is 0 Å². The lowest BCUT2D eigenvalue weighted by atomic mass is 9.65. The Morgan fingerprint density at radius 1 is 0.548 bits per heavy atom. The van der Waals surface area contributed by atoms with Crippen LogP contribution in [0.2, 0.25) is 0 Å². The summed E-state index contributed by atoms with van der Waals surface area (Å²) in [4.78, 5) is 73.0. The van der Waals surface area contributed by atoms with E-state index in [2.05, 4.69) is 143 Å². The summed E-state index contributed by atoms with van der Waals surface area (Å²) >= 11 is 0. The second-order valence-corrected chi connectivity index (χ2v) is 49.0. The fourth-order valence-corrected chi connectivity index (χ4v) is 25.6. The van der Waals surface area contributed by atoms with Crippen LogP contribution in [0, 0.1) is 21.7 Å². The van der Waals surface area contributed by atoms with E-state index in [1.807, 2.05) is 109 Å². The number of sulfonamides is 2. The summed E-state index contributed by atoms with van der Waals surface area (Å²) in [6.07, 6.45) is 27.4. The van der Waals surface area contributed by atoms with Crippen molar-refractivity contribution in [3.8, 4) is 34.0 Å². The zero-order chi connectivity index (χ0) is 105. The van der Waals surface area contributed by atoms with Crippen LogP contribution < -0.4 is 29.1 Å². The molecule has 146 heavy (non-hydrogen) atoms. The summed E-state index contributed by atoms with van der Waals surface area (Å²) in [5.41, 5.74) is 17.5. The number of allylic oxidation sites excluding steroid dienone is 2. The number of fused-ring (bicyclic) bond motifs is 15. The fourth-order valence-electron chi connectivity index (χ4n) is 24.4. The number of morpholine rings is 1. The third-order valence-corrected chi connectivity index (χ3v) is 34.1. The maximum atomic E-state index is 15.1. The van der Waals surface area contributed by atoms with Crippen molar-refractivity contribution in [2.75, 3.05) is 142 Å². The normalized spacial score (nSPS) is 22.0. The van der Waals surface area contributed by atoms with E-state index < -0.39 is 55.6 Å². The Morgan fingerprint density at radius 3 is 1.38 bits per heavy atom. The van der Waals surface area contributed by atoms with E-state index in [0.29, 0.717) is 71.9 Å². The molecule has 5 aromatic carbocycles. The van der Waals surface area contributed by atoms with Crippen LogP contribution in [0.15, 0.2) is 109 Å². The molecule has 0 unspecified atom stereocenters. The number of likely N-dealkylation sites (tertiary alicyclic amines) is 3. The molecule has 0 spiro atoms. The molecule has 3 amide bonds. The van der Waals surface area contributed by atoms with Gasteiger partial charge in [0.2, 0.25) is 20.0 Å². The van der Waals surface area contributed by atoms with E-state index in [4.69, 9.17) is 24.1 Å². The molecule has 12 heterocycles. The van der Waals surface area contributed by atoms with Gasteiger partial charge in [0, 0.05) is 110 Å². The minimum Gasteiger partial charge on any atom is -0.497 e. The number of aromatic nitrogens is 9. The molecule has 4 N–H and O–H groups in total. The van der Waals surface area contributed by atoms with Gasteiger partial charge in [-0.15, -0.1) is 5.10 Å². The molecule has 4 bridgehead atoms. The van der Waals surface area contributed by atoms with Crippen LogP contribution in [0.4, 0.5) is 17.3 Å². The monoisotopic (exact) mass is 2050 g/mol. The van der Waals surface area contributed by atoms with Gasteiger partial charge in [0.25, 0.3) is 17.7 Å². The molecule has 7 aliphatic heterocycles. The van der Waals surface area contributed by atoms with Crippen molar-refractivity contribution < 1.29 is 82.0 Å². The maximum Gasteiger partial charge on any atom is 0.673 e. The standard InChI is InChI=1S/C46H58N6O5S.C36H40N4O6S.C11H16N5O.C10H20N2.C5H11NO.BF4/c1-29(2)58(55,56)48-43(53)31-15-17-37-39(21-31)51-23-33(19-32-20-35(57-6)16-18-36(32)42(51)40(37)30-11-8-7-9-12-30)41-38(22-47-52(41)34-13-10-14-34)44(54)50-27-45(3)24-46(4,28-50)26-49(5)25-45;1-21(2)47(44,45)38-35(41)23-12-14-29-31(18-23)39-20-25(33-30(36(42)43)19-37-40(33)26-10-7-11-26)16-24-17-27(46-3)13-15-28(24)34(39)32(29)22-8-5-4-6-9-22;1-14(2)11(15(3)4)17-16-10-8-6-5-7-9(10)12-13-16;1-9-4-10(2,6-11-5-9)8-12(3)7-9;1-6-2-4-7-5-3-6;2-1(3,4)5/h15-22,29-30,34H,7-14,23-28H2,1-6H3,(H,48,53);12-19,21-22,26H,4-11,20H2,1-3H3,(H,38,41)(H,42,43);5-8H,1-4H3;11H,4-8H2,1-3H3;2-5H2,1H3;/q;;+1;;;-1/t45-,46+;;;9-,10+;;. The van der Waals surface area contributed by atoms with E-state index in [0.717, 1.165) is 225 Å². The summed E-state index contributed by atoms with van der Waals surface area (Å²) in [5.74, 6) is -0.260. The number of piperidine rings is 4. The van der Waals surface area contributed by atoms with Crippen molar-refractivity contribution in [1.82, 2.24) is 83.1 Å². The molecule has 4 aliphatic carbocycles. The summed E-state index contributed by atoms with van der Waals surface area (Å²) in [6, 6.07) is 32.0. The van der Waals surface area contributed by atoms with Gasteiger partial charge >= 0.3 is 19.2 Å². The topological polar surface area (TPSA) is 325 Å². The number of hydrogen-bond donors (Lipinski definition) is 4. The van der Waals surface area contributed by atoms with Gasteiger partial charge in [0.1, 0.15) is 28.1 Å². The molecule has 10 aromatic rings. The fraction of sp³-hybridized carbons (Fsp3) is 0.546. The molecule has 0 radical (unpaired) electrons. The molecule has 4 atom stereocenters. The number of benzene rings is 5. The van der Waals surface area contributed by atoms with Gasteiger partial charge in [-0.25, -0.2) is 40.5 Å². The highest BCUT2D eigenvalue weighted by atomic mass is 32.2. The first-order chi connectivity index (χ1) is 69.2. The third kappa shape index (κ3) is 23.8. The van der Waals surface area contributed by atoms with Crippen molar-refractivity contribution >= 4 is 113 Å². The number of nitrogens with one attached hydrogen (secondary N) is 3. The van der Waals surface area contributed by atoms with Gasteiger partial charge in [0.15, 0.2) is 0 Å². The number of likely N-dealkylation sites (N-methyl/N-ethyl adjacent to an activating group) is 1. The number of para-hydroxylation sites is 1. The predicted octanol–water partition coefficient (Wildman–Crippen LogP) is 17.4. The quantitative estimate of drug-likeness (QED) is 0.0216. The highest BCUT2D eigenvalue weighted by molar-refractivity contribution is 7.90. The second-order valence-electron chi connectivity index (χ2n) is 44.5. The lowest BCUT2D eigenvalue weighted by Gasteiger charge is -2.56. The number of aromatic carboxylic acids is 1. The van der Waals surface area contributed by atoms with Crippen molar-refractivity contribution in [2.45, 2.75) is 218 Å². The highest BCUT2D eigenvalue weighted by Gasteiger charge is 2.51. The van der Waals surface area contributed by atoms with Gasteiger partial charge in [-0.1, -0.05) is 95.3 Å². The molecule has 31 nitrogen and oxygen atoms in total. The Balaban J connectivity index is 0.000000152. The Kier molecular flexibility index (Phi) is 32.3. The van der Waals surface area contributed by atoms with Crippen molar-refractivity contribution in [3.05, 3.63) is 165 Å². The van der Waals surface area contributed by atoms with E-state index in [9.17, 15) is 53.6 Å². The lowest BCUT2D eigenvalue weighted by molar-refractivity contribution is -0.480.